The minimum atomic E-state index is -0.343. The van der Waals surface area contributed by atoms with Crippen LogP contribution in [0.15, 0.2) is 23.0 Å². The van der Waals surface area contributed by atoms with E-state index in [0.717, 1.165) is 6.42 Å². The van der Waals surface area contributed by atoms with Gasteiger partial charge in [0.1, 0.15) is 0 Å². The molecule has 1 atom stereocenters. The maximum atomic E-state index is 12.5. The minimum absolute atomic E-state index is 0.144. The van der Waals surface area contributed by atoms with Crippen molar-refractivity contribution in [2.24, 2.45) is 0 Å². The molecular weight excluding hydrogens is 314 g/mol. The summed E-state index contributed by atoms with van der Waals surface area (Å²) in [6, 6.07) is 4.99. The number of H-pyrrole nitrogens is 1. The Morgan fingerprint density at radius 3 is 2.96 bits per heavy atom. The molecule has 1 aromatic carbocycles. The van der Waals surface area contributed by atoms with Gasteiger partial charge in [0.15, 0.2) is 4.77 Å². The maximum absolute atomic E-state index is 12.5. The Kier molecular flexibility index (Phi) is 4.08. The average molecular weight is 333 g/mol. The Morgan fingerprint density at radius 2 is 2.30 bits per heavy atom. The number of hydrogen-bond acceptors (Lipinski definition) is 4. The monoisotopic (exact) mass is 333 g/mol. The summed E-state index contributed by atoms with van der Waals surface area (Å²) < 4.78 is 7.20. The molecule has 2 aromatic rings. The van der Waals surface area contributed by atoms with Crippen molar-refractivity contribution in [3.05, 3.63) is 38.9 Å². The molecule has 1 fully saturated rings. The van der Waals surface area contributed by atoms with Gasteiger partial charge in [0.05, 0.1) is 23.0 Å². The predicted molar refractivity (Wildman–Crippen MR) is 90.4 cm³/mol. The number of carbonyl (C=O) groups is 1. The predicted octanol–water partition coefficient (Wildman–Crippen LogP) is 1.99. The van der Waals surface area contributed by atoms with Crippen LogP contribution >= 0.6 is 12.2 Å². The van der Waals surface area contributed by atoms with E-state index in [-0.39, 0.29) is 17.0 Å². The Bertz CT molecular complexity index is 878. The molecule has 0 bridgehead atoms. The van der Waals surface area contributed by atoms with Gasteiger partial charge >= 0.3 is 0 Å². The van der Waals surface area contributed by atoms with Crippen molar-refractivity contribution in [2.75, 3.05) is 13.2 Å². The van der Waals surface area contributed by atoms with Crippen molar-refractivity contribution in [1.29, 1.82) is 0 Å². The smallest absolute Gasteiger partial charge is 0.262 e. The molecule has 0 spiro atoms. The summed E-state index contributed by atoms with van der Waals surface area (Å²) in [5.41, 5.74) is 0.578. The minimum Gasteiger partial charge on any atom is -0.379 e. The number of aromatic amines is 1. The van der Waals surface area contributed by atoms with E-state index in [4.69, 9.17) is 17.0 Å². The highest BCUT2D eigenvalue weighted by atomic mass is 32.1. The molecule has 1 aromatic heterocycles. The van der Waals surface area contributed by atoms with Crippen LogP contribution in [0.1, 0.15) is 30.6 Å². The van der Waals surface area contributed by atoms with Crippen molar-refractivity contribution in [2.45, 2.75) is 32.4 Å². The summed E-state index contributed by atoms with van der Waals surface area (Å²) in [5.74, 6) is -0.182. The van der Waals surface area contributed by atoms with Gasteiger partial charge < -0.3 is 15.0 Å². The largest absolute Gasteiger partial charge is 0.379 e. The third kappa shape index (κ3) is 2.94. The lowest BCUT2D eigenvalue weighted by molar-refractivity contribution is 0.0890. The quantitative estimate of drug-likeness (QED) is 0.842. The van der Waals surface area contributed by atoms with Crippen LogP contribution in [-0.2, 0) is 11.3 Å². The first-order valence-corrected chi connectivity index (χ1v) is 8.01. The van der Waals surface area contributed by atoms with E-state index >= 15 is 0 Å². The number of ether oxygens (including phenoxy) is 1. The zero-order chi connectivity index (χ0) is 16.6. The standard InChI is InChI=1S/C16H19N3O3S/c1-3-19-14(21)11-5-4-10(8-12(11)17-15(19)23)13(20)18-16(2)6-7-22-9-16/h4-5,8H,3,6-7,9H2,1-2H3,(H,17,23)(H,18,20)/t16-/m1/s1. The molecule has 0 unspecified atom stereocenters. The summed E-state index contributed by atoms with van der Waals surface area (Å²) in [4.78, 5) is 27.8. The van der Waals surface area contributed by atoms with Crippen molar-refractivity contribution in [3.8, 4) is 0 Å². The molecule has 1 aliphatic heterocycles. The van der Waals surface area contributed by atoms with Crippen molar-refractivity contribution in [1.82, 2.24) is 14.9 Å². The number of carbonyl (C=O) groups excluding carboxylic acids is 1. The first kappa shape index (κ1) is 15.9. The molecule has 0 aliphatic carbocycles. The van der Waals surface area contributed by atoms with E-state index in [2.05, 4.69) is 10.3 Å². The summed E-state index contributed by atoms with van der Waals surface area (Å²) >= 11 is 5.20. The second kappa shape index (κ2) is 5.90. The SMILES string of the molecule is CCn1c(=S)[nH]c2cc(C(=O)N[C@]3(C)CCOC3)ccc2c1=O. The molecule has 1 amide bonds. The number of nitrogens with one attached hydrogen (secondary N) is 2. The van der Waals surface area contributed by atoms with Gasteiger partial charge in [0.25, 0.3) is 11.5 Å². The number of hydrogen-bond donors (Lipinski definition) is 2. The molecule has 3 rings (SSSR count). The number of aromatic nitrogens is 2. The van der Waals surface area contributed by atoms with E-state index in [9.17, 15) is 9.59 Å². The van der Waals surface area contributed by atoms with Crippen LogP contribution in [-0.4, -0.2) is 34.2 Å². The molecule has 7 heteroatoms. The second-order valence-electron chi connectivity index (χ2n) is 6.06. The van der Waals surface area contributed by atoms with Crippen LogP contribution < -0.4 is 10.9 Å². The molecule has 6 nitrogen and oxygen atoms in total. The first-order chi connectivity index (χ1) is 10.9. The molecule has 1 aliphatic rings. The average Bonchev–Trinajstić information content (AvgIpc) is 2.93. The van der Waals surface area contributed by atoms with Gasteiger partial charge in [0.2, 0.25) is 0 Å². The lowest BCUT2D eigenvalue weighted by Gasteiger charge is -2.23. The summed E-state index contributed by atoms with van der Waals surface area (Å²) in [5, 5.41) is 3.52. The molecule has 2 N–H and O–H groups in total. The van der Waals surface area contributed by atoms with Crippen molar-refractivity contribution in [3.63, 3.8) is 0 Å². The highest BCUT2D eigenvalue weighted by molar-refractivity contribution is 7.71. The van der Waals surface area contributed by atoms with Crippen LogP contribution in [0.3, 0.4) is 0 Å². The number of amides is 1. The second-order valence-corrected chi connectivity index (χ2v) is 6.44. The van der Waals surface area contributed by atoms with Crippen LogP contribution in [0.25, 0.3) is 10.9 Å². The number of rotatable bonds is 3. The third-order valence-corrected chi connectivity index (χ3v) is 4.52. The van der Waals surface area contributed by atoms with Gasteiger partial charge in [-0.1, -0.05) is 0 Å². The Labute approximate surface area is 138 Å². The van der Waals surface area contributed by atoms with E-state index in [1.807, 2.05) is 13.8 Å². The van der Waals surface area contributed by atoms with E-state index in [1.165, 1.54) is 4.57 Å². The van der Waals surface area contributed by atoms with E-state index in [0.29, 0.717) is 41.0 Å². The van der Waals surface area contributed by atoms with Crippen LogP contribution in [0.5, 0.6) is 0 Å². The summed E-state index contributed by atoms with van der Waals surface area (Å²) in [6.45, 7) is 5.49. The molecule has 23 heavy (non-hydrogen) atoms. The normalized spacial score (nSPS) is 20.8. The summed E-state index contributed by atoms with van der Waals surface area (Å²) in [7, 11) is 0. The number of fused-ring (bicyclic) bond motifs is 1. The van der Waals surface area contributed by atoms with Gasteiger partial charge in [-0.15, -0.1) is 0 Å². The van der Waals surface area contributed by atoms with Crippen LogP contribution in [0, 0.1) is 4.77 Å². The highest BCUT2D eigenvalue weighted by Crippen LogP contribution is 2.19. The zero-order valence-corrected chi connectivity index (χ0v) is 14.0. The Morgan fingerprint density at radius 1 is 1.52 bits per heavy atom. The first-order valence-electron chi connectivity index (χ1n) is 7.61. The maximum Gasteiger partial charge on any atom is 0.262 e. The van der Waals surface area contributed by atoms with Gasteiger partial charge in [-0.05, 0) is 50.7 Å². The molecule has 1 saturated heterocycles. The Balaban J connectivity index is 1.98. The van der Waals surface area contributed by atoms with Crippen molar-refractivity contribution < 1.29 is 9.53 Å². The van der Waals surface area contributed by atoms with Gasteiger partial charge in [-0.25, -0.2) is 0 Å². The molecule has 0 radical (unpaired) electrons. The van der Waals surface area contributed by atoms with E-state index < -0.39 is 0 Å². The third-order valence-electron chi connectivity index (χ3n) is 4.19. The fourth-order valence-corrected chi connectivity index (χ4v) is 3.12. The van der Waals surface area contributed by atoms with Crippen LogP contribution in [0.4, 0.5) is 0 Å². The van der Waals surface area contributed by atoms with Gasteiger partial charge in [0, 0.05) is 18.7 Å². The van der Waals surface area contributed by atoms with Gasteiger partial charge in [-0.3, -0.25) is 14.2 Å². The Hall–Kier alpha value is -1.99. The fourth-order valence-electron chi connectivity index (χ4n) is 2.79. The topological polar surface area (TPSA) is 76.1 Å². The summed E-state index contributed by atoms with van der Waals surface area (Å²) in [6.07, 6.45) is 0.788. The number of benzene rings is 1. The lowest BCUT2D eigenvalue weighted by Crippen LogP contribution is -2.46. The molecule has 0 saturated carbocycles. The molecule has 2 heterocycles. The lowest BCUT2D eigenvalue weighted by atomic mass is 10.0. The number of nitrogens with zero attached hydrogens (tertiary/aromatic N) is 1. The molecule has 122 valence electrons. The van der Waals surface area contributed by atoms with E-state index in [1.54, 1.807) is 18.2 Å². The zero-order valence-electron chi connectivity index (χ0n) is 13.1. The fraction of sp³-hybridized carbons (Fsp3) is 0.438. The van der Waals surface area contributed by atoms with Crippen molar-refractivity contribution >= 4 is 29.0 Å². The molecular formula is C16H19N3O3S. The van der Waals surface area contributed by atoms with Crippen LogP contribution in [0.2, 0.25) is 0 Å². The van der Waals surface area contributed by atoms with Gasteiger partial charge in [-0.2, -0.15) is 0 Å². The highest BCUT2D eigenvalue weighted by Gasteiger charge is 2.31.